The van der Waals surface area contributed by atoms with Crippen molar-refractivity contribution >= 4 is 28.4 Å². The van der Waals surface area contributed by atoms with Crippen molar-refractivity contribution in [1.29, 1.82) is 0 Å². The van der Waals surface area contributed by atoms with Gasteiger partial charge in [-0.2, -0.15) is 0 Å². The van der Waals surface area contributed by atoms with Gasteiger partial charge < -0.3 is 15.0 Å². The summed E-state index contributed by atoms with van der Waals surface area (Å²) in [7, 11) is 0. The first-order valence-electron chi connectivity index (χ1n) is 11.1. The molecule has 1 fully saturated rings. The molecule has 2 aromatic heterocycles. The van der Waals surface area contributed by atoms with Crippen molar-refractivity contribution in [2.45, 2.75) is 6.42 Å². The predicted octanol–water partition coefficient (Wildman–Crippen LogP) is 4.10. The van der Waals surface area contributed by atoms with E-state index in [9.17, 15) is 4.79 Å². The second-order valence-corrected chi connectivity index (χ2v) is 8.16. The van der Waals surface area contributed by atoms with Gasteiger partial charge in [-0.05, 0) is 48.4 Å². The van der Waals surface area contributed by atoms with Crippen molar-refractivity contribution in [2.24, 2.45) is 5.92 Å². The second-order valence-electron chi connectivity index (χ2n) is 8.16. The van der Waals surface area contributed by atoms with E-state index in [1.165, 1.54) is 5.56 Å². The Hall–Kier alpha value is -3.84. The number of fused-ring (bicyclic) bond motifs is 1. The Kier molecular flexibility index (Phi) is 6.21. The SMILES string of the molecule is O=C(c1cccc(Nc2ncccn2)c1)N1CCOC[C@@H](Cc2cccc3ncccc23)C1. The molecule has 1 atom stereocenters. The zero-order valence-electron chi connectivity index (χ0n) is 18.2. The quantitative estimate of drug-likeness (QED) is 0.504. The number of rotatable bonds is 5. The first-order chi connectivity index (χ1) is 16.3. The summed E-state index contributed by atoms with van der Waals surface area (Å²) < 4.78 is 5.87. The van der Waals surface area contributed by atoms with Crippen LogP contribution in [-0.2, 0) is 11.2 Å². The smallest absolute Gasteiger partial charge is 0.254 e. The summed E-state index contributed by atoms with van der Waals surface area (Å²) in [6, 6.07) is 19.5. The van der Waals surface area contributed by atoms with Crippen molar-refractivity contribution in [3.8, 4) is 0 Å². The summed E-state index contributed by atoms with van der Waals surface area (Å²) in [5.41, 5.74) is 3.63. The number of nitrogens with one attached hydrogen (secondary N) is 1. The normalized spacial score (nSPS) is 16.4. The Morgan fingerprint density at radius 1 is 1.00 bits per heavy atom. The minimum Gasteiger partial charge on any atom is -0.379 e. The van der Waals surface area contributed by atoms with E-state index in [-0.39, 0.29) is 11.8 Å². The molecule has 7 nitrogen and oxygen atoms in total. The minimum atomic E-state index is 0.00252. The molecule has 166 valence electrons. The standard InChI is InChI=1S/C26H25N5O2/c32-25(21-6-1-7-22(16-21)30-26-28-11-4-12-29-26)31-13-14-33-18-19(17-31)15-20-5-2-9-24-23(20)8-3-10-27-24/h1-12,16,19H,13-15,17-18H2,(H,28,29,30)/t19-/m0/s1. The molecule has 5 rings (SSSR count). The van der Waals surface area contributed by atoms with Crippen LogP contribution in [0.2, 0.25) is 0 Å². The zero-order chi connectivity index (χ0) is 22.5. The van der Waals surface area contributed by atoms with Gasteiger partial charge >= 0.3 is 0 Å². The Bertz CT molecular complexity index is 1240. The van der Waals surface area contributed by atoms with E-state index >= 15 is 0 Å². The summed E-state index contributed by atoms with van der Waals surface area (Å²) in [5, 5.41) is 4.31. The average molecular weight is 440 g/mol. The monoisotopic (exact) mass is 439 g/mol. The molecular formula is C26H25N5O2. The van der Waals surface area contributed by atoms with Gasteiger partial charge in [0, 0.05) is 54.2 Å². The number of amides is 1. The van der Waals surface area contributed by atoms with Crippen molar-refractivity contribution in [3.05, 3.63) is 90.4 Å². The molecule has 0 saturated carbocycles. The van der Waals surface area contributed by atoms with Crippen LogP contribution in [0.5, 0.6) is 0 Å². The third-order valence-corrected chi connectivity index (χ3v) is 5.80. The van der Waals surface area contributed by atoms with Gasteiger partial charge in [0.2, 0.25) is 5.95 Å². The Labute approximate surface area is 192 Å². The van der Waals surface area contributed by atoms with E-state index in [1.54, 1.807) is 18.5 Å². The molecule has 0 spiro atoms. The third-order valence-electron chi connectivity index (χ3n) is 5.80. The van der Waals surface area contributed by atoms with Crippen LogP contribution in [0.15, 0.2) is 79.3 Å². The lowest BCUT2D eigenvalue weighted by Crippen LogP contribution is -2.36. The van der Waals surface area contributed by atoms with Crippen LogP contribution in [0.1, 0.15) is 15.9 Å². The number of carbonyl (C=O) groups excluding carboxylic acids is 1. The van der Waals surface area contributed by atoms with Crippen LogP contribution in [0, 0.1) is 5.92 Å². The summed E-state index contributed by atoms with van der Waals surface area (Å²) in [5.74, 6) is 0.707. The molecule has 1 N–H and O–H groups in total. The van der Waals surface area contributed by atoms with E-state index in [1.807, 2.05) is 53.6 Å². The Balaban J connectivity index is 1.32. The molecule has 0 bridgehead atoms. The molecule has 33 heavy (non-hydrogen) atoms. The number of pyridine rings is 1. The highest BCUT2D eigenvalue weighted by molar-refractivity contribution is 5.95. The number of aromatic nitrogens is 3. The Morgan fingerprint density at radius 3 is 2.76 bits per heavy atom. The number of anilines is 2. The van der Waals surface area contributed by atoms with E-state index in [0.29, 0.717) is 37.8 Å². The van der Waals surface area contributed by atoms with E-state index in [4.69, 9.17) is 4.74 Å². The molecule has 0 radical (unpaired) electrons. The van der Waals surface area contributed by atoms with Gasteiger partial charge in [-0.15, -0.1) is 0 Å². The molecule has 2 aromatic carbocycles. The lowest BCUT2D eigenvalue weighted by Gasteiger charge is -2.24. The first-order valence-corrected chi connectivity index (χ1v) is 11.1. The molecule has 0 aliphatic carbocycles. The van der Waals surface area contributed by atoms with Gasteiger partial charge in [-0.3, -0.25) is 9.78 Å². The molecule has 4 aromatic rings. The van der Waals surface area contributed by atoms with E-state index in [2.05, 4.69) is 32.4 Å². The number of hydrogen-bond donors (Lipinski definition) is 1. The molecule has 3 heterocycles. The maximum Gasteiger partial charge on any atom is 0.254 e. The molecule has 7 heteroatoms. The van der Waals surface area contributed by atoms with Crippen molar-refractivity contribution in [3.63, 3.8) is 0 Å². The van der Waals surface area contributed by atoms with Crippen molar-refractivity contribution in [1.82, 2.24) is 19.9 Å². The fraction of sp³-hybridized carbons (Fsp3) is 0.231. The zero-order valence-corrected chi connectivity index (χ0v) is 18.2. The number of benzene rings is 2. The van der Waals surface area contributed by atoms with Crippen LogP contribution < -0.4 is 5.32 Å². The summed E-state index contributed by atoms with van der Waals surface area (Å²) in [6.45, 7) is 2.39. The molecular weight excluding hydrogens is 414 g/mol. The van der Waals surface area contributed by atoms with Gasteiger partial charge in [-0.25, -0.2) is 9.97 Å². The fourth-order valence-electron chi connectivity index (χ4n) is 4.25. The van der Waals surface area contributed by atoms with E-state index < -0.39 is 0 Å². The van der Waals surface area contributed by atoms with Crippen LogP contribution >= 0.6 is 0 Å². The van der Waals surface area contributed by atoms with Crippen LogP contribution in [0.25, 0.3) is 10.9 Å². The second kappa shape index (κ2) is 9.75. The van der Waals surface area contributed by atoms with Gasteiger partial charge in [-0.1, -0.05) is 24.3 Å². The van der Waals surface area contributed by atoms with Crippen molar-refractivity contribution < 1.29 is 9.53 Å². The lowest BCUT2D eigenvalue weighted by molar-refractivity contribution is 0.0737. The van der Waals surface area contributed by atoms with Crippen molar-refractivity contribution in [2.75, 3.05) is 31.6 Å². The highest BCUT2D eigenvalue weighted by Crippen LogP contribution is 2.23. The van der Waals surface area contributed by atoms with Gasteiger partial charge in [0.05, 0.1) is 18.7 Å². The van der Waals surface area contributed by atoms with Gasteiger partial charge in [0.15, 0.2) is 0 Å². The largest absolute Gasteiger partial charge is 0.379 e. The molecule has 1 aliphatic rings. The number of nitrogens with zero attached hydrogens (tertiary/aromatic N) is 4. The maximum absolute atomic E-state index is 13.4. The number of ether oxygens (including phenoxy) is 1. The highest BCUT2D eigenvalue weighted by Gasteiger charge is 2.24. The topological polar surface area (TPSA) is 80.2 Å². The van der Waals surface area contributed by atoms with E-state index in [0.717, 1.165) is 23.0 Å². The number of hydrogen-bond acceptors (Lipinski definition) is 6. The van der Waals surface area contributed by atoms with Crippen LogP contribution in [0.4, 0.5) is 11.6 Å². The summed E-state index contributed by atoms with van der Waals surface area (Å²) >= 11 is 0. The third kappa shape index (κ3) is 4.99. The summed E-state index contributed by atoms with van der Waals surface area (Å²) in [4.78, 5) is 28.1. The van der Waals surface area contributed by atoms with Gasteiger partial charge in [0.25, 0.3) is 5.91 Å². The maximum atomic E-state index is 13.4. The minimum absolute atomic E-state index is 0.00252. The molecule has 0 unspecified atom stereocenters. The molecule has 1 amide bonds. The predicted molar refractivity (Wildman–Crippen MR) is 127 cm³/mol. The Morgan fingerprint density at radius 2 is 1.85 bits per heavy atom. The highest BCUT2D eigenvalue weighted by atomic mass is 16.5. The molecule has 1 aliphatic heterocycles. The number of carbonyl (C=O) groups is 1. The molecule has 1 saturated heterocycles. The fourth-order valence-corrected chi connectivity index (χ4v) is 4.25. The summed E-state index contributed by atoms with van der Waals surface area (Å²) in [6.07, 6.45) is 6.00. The van der Waals surface area contributed by atoms with Crippen LogP contribution in [-0.4, -0.2) is 52.1 Å². The first kappa shape index (κ1) is 21.0. The van der Waals surface area contributed by atoms with Gasteiger partial charge in [0.1, 0.15) is 0 Å². The average Bonchev–Trinajstić information content (AvgIpc) is 3.10. The van der Waals surface area contributed by atoms with Crippen LogP contribution in [0.3, 0.4) is 0 Å². The lowest BCUT2D eigenvalue weighted by atomic mass is 9.96.